The van der Waals surface area contributed by atoms with Crippen LogP contribution in [0.3, 0.4) is 0 Å². The highest BCUT2D eigenvalue weighted by atomic mass is 32.2. The van der Waals surface area contributed by atoms with Crippen LogP contribution in [-0.2, 0) is 16.1 Å². The van der Waals surface area contributed by atoms with Gasteiger partial charge in [-0.25, -0.2) is 0 Å². The Balaban J connectivity index is 1.54. The number of nitrogens with zero attached hydrogens (tertiary/aromatic N) is 3. The predicted octanol–water partition coefficient (Wildman–Crippen LogP) is 1.95. The standard InChI is InChI=1S/C15H20N4O3S/c1-2-19-14(12-6-4-8-22-12)17-18-15(19)23-10-13(20)16-9-11-5-3-7-21-11/h4,6,8,11H,2-3,5,7,9-10H2,1H3,(H,16,20). The molecule has 1 saturated heterocycles. The quantitative estimate of drug-likeness (QED) is 0.778. The van der Waals surface area contributed by atoms with Crippen molar-refractivity contribution in [3.8, 4) is 11.6 Å². The second-order valence-corrected chi connectivity index (χ2v) is 6.20. The summed E-state index contributed by atoms with van der Waals surface area (Å²) in [5, 5.41) is 11.9. The zero-order chi connectivity index (χ0) is 16.1. The summed E-state index contributed by atoms with van der Waals surface area (Å²) in [6.45, 7) is 4.10. The molecular formula is C15H20N4O3S. The Labute approximate surface area is 138 Å². The molecule has 2 aromatic rings. The zero-order valence-electron chi connectivity index (χ0n) is 13.0. The van der Waals surface area contributed by atoms with Crippen molar-refractivity contribution in [1.82, 2.24) is 20.1 Å². The Morgan fingerprint density at radius 1 is 1.52 bits per heavy atom. The maximum absolute atomic E-state index is 11.9. The molecule has 1 fully saturated rings. The number of nitrogens with one attached hydrogen (secondary N) is 1. The van der Waals surface area contributed by atoms with Crippen molar-refractivity contribution in [1.29, 1.82) is 0 Å². The lowest BCUT2D eigenvalue weighted by atomic mass is 10.2. The molecule has 1 N–H and O–H groups in total. The van der Waals surface area contributed by atoms with Crippen LogP contribution < -0.4 is 5.32 Å². The van der Waals surface area contributed by atoms with E-state index in [1.54, 1.807) is 6.26 Å². The van der Waals surface area contributed by atoms with Crippen molar-refractivity contribution < 1.29 is 13.9 Å². The number of rotatable bonds is 7. The molecule has 0 aromatic carbocycles. The Kier molecular flexibility index (Phi) is 5.35. The van der Waals surface area contributed by atoms with Gasteiger partial charge in [-0.2, -0.15) is 0 Å². The average molecular weight is 336 g/mol. The van der Waals surface area contributed by atoms with Crippen molar-refractivity contribution in [2.45, 2.75) is 37.6 Å². The Bertz CT molecular complexity index is 635. The SMILES string of the molecule is CCn1c(SCC(=O)NCC2CCCO2)nnc1-c1ccco1. The average Bonchev–Trinajstić information content (AvgIpc) is 3.31. The second-order valence-electron chi connectivity index (χ2n) is 5.26. The van der Waals surface area contributed by atoms with Gasteiger partial charge in [-0.15, -0.1) is 10.2 Å². The highest BCUT2D eigenvalue weighted by Gasteiger charge is 2.18. The molecule has 1 unspecified atom stereocenters. The molecule has 0 bridgehead atoms. The van der Waals surface area contributed by atoms with E-state index in [0.717, 1.165) is 19.4 Å². The van der Waals surface area contributed by atoms with Gasteiger partial charge in [0.1, 0.15) is 0 Å². The fraction of sp³-hybridized carbons (Fsp3) is 0.533. The first-order chi connectivity index (χ1) is 11.3. The molecule has 1 amide bonds. The van der Waals surface area contributed by atoms with Crippen molar-refractivity contribution in [2.75, 3.05) is 18.9 Å². The summed E-state index contributed by atoms with van der Waals surface area (Å²) in [7, 11) is 0. The molecular weight excluding hydrogens is 316 g/mol. The van der Waals surface area contributed by atoms with E-state index in [1.165, 1.54) is 11.8 Å². The normalized spacial score (nSPS) is 17.5. The highest BCUT2D eigenvalue weighted by Crippen LogP contribution is 2.24. The van der Waals surface area contributed by atoms with Crippen molar-refractivity contribution in [3.05, 3.63) is 18.4 Å². The molecule has 124 valence electrons. The third-order valence-electron chi connectivity index (χ3n) is 3.66. The minimum Gasteiger partial charge on any atom is -0.461 e. The van der Waals surface area contributed by atoms with E-state index < -0.39 is 0 Å². The second kappa shape index (κ2) is 7.65. The summed E-state index contributed by atoms with van der Waals surface area (Å²) in [6.07, 6.45) is 3.86. The van der Waals surface area contributed by atoms with E-state index in [2.05, 4.69) is 15.5 Å². The van der Waals surface area contributed by atoms with Crippen molar-refractivity contribution in [3.63, 3.8) is 0 Å². The maximum atomic E-state index is 11.9. The molecule has 0 spiro atoms. The molecule has 8 heteroatoms. The lowest BCUT2D eigenvalue weighted by Gasteiger charge is -2.10. The molecule has 0 radical (unpaired) electrons. The Hall–Kier alpha value is -1.80. The van der Waals surface area contributed by atoms with Gasteiger partial charge < -0.3 is 14.5 Å². The topological polar surface area (TPSA) is 82.2 Å². The van der Waals surface area contributed by atoms with Crippen LogP contribution in [0.15, 0.2) is 28.0 Å². The number of hydrogen-bond acceptors (Lipinski definition) is 6. The van der Waals surface area contributed by atoms with Crippen LogP contribution in [0.4, 0.5) is 0 Å². The van der Waals surface area contributed by atoms with Crippen LogP contribution in [-0.4, -0.2) is 45.7 Å². The molecule has 3 heterocycles. The summed E-state index contributed by atoms with van der Waals surface area (Å²) in [6, 6.07) is 3.66. The van der Waals surface area contributed by atoms with E-state index in [0.29, 0.717) is 35.6 Å². The van der Waals surface area contributed by atoms with Crippen LogP contribution in [0.25, 0.3) is 11.6 Å². The summed E-state index contributed by atoms with van der Waals surface area (Å²) in [5.41, 5.74) is 0. The van der Waals surface area contributed by atoms with E-state index in [4.69, 9.17) is 9.15 Å². The number of hydrogen-bond donors (Lipinski definition) is 1. The third-order valence-corrected chi connectivity index (χ3v) is 4.62. The number of thioether (sulfide) groups is 1. The van der Waals surface area contributed by atoms with Gasteiger partial charge in [-0.3, -0.25) is 9.36 Å². The molecule has 23 heavy (non-hydrogen) atoms. The lowest BCUT2D eigenvalue weighted by Crippen LogP contribution is -2.32. The first-order valence-corrected chi connectivity index (χ1v) is 8.74. The minimum atomic E-state index is -0.0179. The first kappa shape index (κ1) is 16.1. The molecule has 0 saturated carbocycles. The fourth-order valence-electron chi connectivity index (χ4n) is 2.48. The van der Waals surface area contributed by atoms with Gasteiger partial charge in [0.05, 0.1) is 18.1 Å². The van der Waals surface area contributed by atoms with E-state index in [9.17, 15) is 4.79 Å². The molecule has 1 aliphatic rings. The summed E-state index contributed by atoms with van der Waals surface area (Å²) < 4.78 is 12.8. The first-order valence-electron chi connectivity index (χ1n) is 7.76. The number of carbonyl (C=O) groups excluding carboxylic acids is 1. The Morgan fingerprint density at radius 2 is 2.43 bits per heavy atom. The van der Waals surface area contributed by atoms with Gasteiger partial charge in [-0.05, 0) is 31.9 Å². The summed E-state index contributed by atoms with van der Waals surface area (Å²) in [5.74, 6) is 1.65. The van der Waals surface area contributed by atoms with Crippen molar-refractivity contribution in [2.24, 2.45) is 0 Å². The molecule has 1 atom stereocenters. The molecule has 0 aliphatic carbocycles. The smallest absolute Gasteiger partial charge is 0.230 e. The van der Waals surface area contributed by atoms with Crippen LogP contribution in [0, 0.1) is 0 Å². The largest absolute Gasteiger partial charge is 0.461 e. The van der Waals surface area contributed by atoms with E-state index >= 15 is 0 Å². The summed E-state index contributed by atoms with van der Waals surface area (Å²) >= 11 is 1.38. The zero-order valence-corrected chi connectivity index (χ0v) is 13.8. The van der Waals surface area contributed by atoms with Gasteiger partial charge in [0, 0.05) is 19.7 Å². The maximum Gasteiger partial charge on any atom is 0.230 e. The van der Waals surface area contributed by atoms with E-state index in [1.807, 2.05) is 23.6 Å². The number of carbonyl (C=O) groups is 1. The van der Waals surface area contributed by atoms with Crippen LogP contribution >= 0.6 is 11.8 Å². The van der Waals surface area contributed by atoms with Crippen LogP contribution in [0.2, 0.25) is 0 Å². The highest BCUT2D eigenvalue weighted by molar-refractivity contribution is 7.99. The number of amides is 1. The monoisotopic (exact) mass is 336 g/mol. The molecule has 3 rings (SSSR count). The van der Waals surface area contributed by atoms with Crippen molar-refractivity contribution >= 4 is 17.7 Å². The lowest BCUT2D eigenvalue weighted by molar-refractivity contribution is -0.119. The van der Waals surface area contributed by atoms with Gasteiger partial charge in [0.15, 0.2) is 16.7 Å². The number of aromatic nitrogens is 3. The number of furan rings is 1. The Morgan fingerprint density at radius 3 is 3.13 bits per heavy atom. The van der Waals surface area contributed by atoms with Gasteiger partial charge in [-0.1, -0.05) is 11.8 Å². The van der Waals surface area contributed by atoms with Gasteiger partial charge in [0.25, 0.3) is 0 Å². The van der Waals surface area contributed by atoms with Gasteiger partial charge >= 0.3 is 0 Å². The molecule has 1 aliphatic heterocycles. The van der Waals surface area contributed by atoms with Gasteiger partial charge in [0.2, 0.25) is 5.91 Å². The van der Waals surface area contributed by atoms with Crippen LogP contribution in [0.1, 0.15) is 19.8 Å². The predicted molar refractivity (Wildman–Crippen MR) is 86.1 cm³/mol. The molecule has 2 aromatic heterocycles. The minimum absolute atomic E-state index is 0.0179. The van der Waals surface area contributed by atoms with Crippen LogP contribution in [0.5, 0.6) is 0 Å². The van der Waals surface area contributed by atoms with E-state index in [-0.39, 0.29) is 12.0 Å². The summed E-state index contributed by atoms with van der Waals surface area (Å²) in [4.78, 5) is 11.9. The fourth-order valence-corrected chi connectivity index (χ4v) is 3.31. The molecule has 7 nitrogen and oxygen atoms in total. The third kappa shape index (κ3) is 3.94. The number of ether oxygens (including phenoxy) is 1.